The molecular formula is C19H21FN2O3. The van der Waals surface area contributed by atoms with Crippen molar-refractivity contribution in [2.45, 2.75) is 20.0 Å². The van der Waals surface area contributed by atoms with Crippen molar-refractivity contribution in [1.82, 2.24) is 10.2 Å². The predicted octanol–water partition coefficient (Wildman–Crippen LogP) is 3.33. The molecule has 0 spiro atoms. The zero-order valence-electron chi connectivity index (χ0n) is 14.1. The highest BCUT2D eigenvalue weighted by atomic mass is 19.1. The first-order valence-corrected chi connectivity index (χ1v) is 8.31. The highest BCUT2D eigenvalue weighted by molar-refractivity contribution is 5.74. The molecule has 0 radical (unpaired) electrons. The van der Waals surface area contributed by atoms with E-state index in [-0.39, 0.29) is 11.8 Å². The molecule has 0 fully saturated rings. The Bertz CT molecular complexity index is 751. The summed E-state index contributed by atoms with van der Waals surface area (Å²) in [6.07, 6.45) is 0. The molecular weight excluding hydrogens is 323 g/mol. The van der Waals surface area contributed by atoms with Gasteiger partial charge in [0.2, 0.25) is 0 Å². The highest BCUT2D eigenvalue weighted by Crippen LogP contribution is 2.30. The Hall–Kier alpha value is -2.76. The van der Waals surface area contributed by atoms with E-state index in [9.17, 15) is 9.18 Å². The molecule has 3 rings (SSSR count). The molecule has 0 unspecified atom stereocenters. The van der Waals surface area contributed by atoms with Crippen LogP contribution >= 0.6 is 0 Å². The minimum atomic E-state index is -0.301. The Morgan fingerprint density at radius 2 is 1.92 bits per heavy atom. The number of benzene rings is 2. The van der Waals surface area contributed by atoms with E-state index in [1.807, 2.05) is 25.1 Å². The van der Waals surface area contributed by atoms with E-state index < -0.39 is 0 Å². The number of nitrogens with one attached hydrogen (secondary N) is 1. The molecule has 1 aliphatic heterocycles. The minimum Gasteiger partial charge on any atom is -0.486 e. The fourth-order valence-corrected chi connectivity index (χ4v) is 2.67. The van der Waals surface area contributed by atoms with Crippen LogP contribution in [-0.4, -0.2) is 30.7 Å². The van der Waals surface area contributed by atoms with Gasteiger partial charge in [0.05, 0.1) is 0 Å². The van der Waals surface area contributed by atoms with Crippen LogP contribution in [0.4, 0.5) is 9.18 Å². The first-order valence-electron chi connectivity index (χ1n) is 8.31. The van der Waals surface area contributed by atoms with Gasteiger partial charge in [0, 0.05) is 19.6 Å². The summed E-state index contributed by atoms with van der Waals surface area (Å²) >= 11 is 0. The quantitative estimate of drug-likeness (QED) is 0.905. The number of rotatable bonds is 5. The molecule has 25 heavy (non-hydrogen) atoms. The van der Waals surface area contributed by atoms with Crippen LogP contribution in [0.5, 0.6) is 11.5 Å². The van der Waals surface area contributed by atoms with Crippen LogP contribution < -0.4 is 14.8 Å². The van der Waals surface area contributed by atoms with Crippen molar-refractivity contribution < 1.29 is 18.7 Å². The van der Waals surface area contributed by atoms with Crippen molar-refractivity contribution in [3.63, 3.8) is 0 Å². The zero-order valence-corrected chi connectivity index (χ0v) is 14.1. The summed E-state index contributed by atoms with van der Waals surface area (Å²) in [4.78, 5) is 14.0. The zero-order chi connectivity index (χ0) is 17.6. The Balaban J connectivity index is 1.58. The molecule has 2 amide bonds. The smallest absolute Gasteiger partial charge is 0.317 e. The van der Waals surface area contributed by atoms with Gasteiger partial charge in [0.15, 0.2) is 11.5 Å². The first-order chi connectivity index (χ1) is 12.2. The lowest BCUT2D eigenvalue weighted by atomic mass is 10.2. The molecule has 5 nitrogen and oxygen atoms in total. The summed E-state index contributed by atoms with van der Waals surface area (Å²) in [5.41, 5.74) is 1.69. The average molecular weight is 344 g/mol. The van der Waals surface area contributed by atoms with Gasteiger partial charge < -0.3 is 19.7 Å². The fraction of sp³-hybridized carbons (Fsp3) is 0.316. The van der Waals surface area contributed by atoms with Crippen molar-refractivity contribution in [3.05, 3.63) is 59.4 Å². The molecule has 0 saturated heterocycles. The van der Waals surface area contributed by atoms with Crippen LogP contribution in [0.15, 0.2) is 42.5 Å². The van der Waals surface area contributed by atoms with Crippen molar-refractivity contribution in [3.8, 4) is 11.5 Å². The van der Waals surface area contributed by atoms with Gasteiger partial charge in [-0.2, -0.15) is 0 Å². The third-order valence-corrected chi connectivity index (χ3v) is 3.98. The Kier molecular flexibility index (Phi) is 5.38. The monoisotopic (exact) mass is 344 g/mol. The molecule has 0 atom stereocenters. The first kappa shape index (κ1) is 17.1. The third-order valence-electron chi connectivity index (χ3n) is 3.98. The summed E-state index contributed by atoms with van der Waals surface area (Å²) in [6.45, 7) is 4.25. The van der Waals surface area contributed by atoms with E-state index in [0.29, 0.717) is 38.6 Å². The number of urea groups is 1. The van der Waals surface area contributed by atoms with Gasteiger partial charge in [-0.3, -0.25) is 0 Å². The van der Waals surface area contributed by atoms with E-state index in [1.54, 1.807) is 17.0 Å². The summed E-state index contributed by atoms with van der Waals surface area (Å²) in [6, 6.07) is 11.7. The molecule has 1 aliphatic rings. The van der Waals surface area contributed by atoms with Gasteiger partial charge in [-0.05, 0) is 42.3 Å². The number of hydrogen-bond donors (Lipinski definition) is 1. The number of halogens is 1. The van der Waals surface area contributed by atoms with Crippen LogP contribution in [0.25, 0.3) is 0 Å². The maximum atomic E-state index is 13.3. The summed E-state index contributed by atoms with van der Waals surface area (Å²) in [7, 11) is 0. The van der Waals surface area contributed by atoms with Crippen LogP contribution in [-0.2, 0) is 13.1 Å². The standard InChI is InChI=1S/C19H21FN2O3/c1-2-22(13-15-4-3-5-16(20)10-15)19(23)21-12-14-6-7-17-18(11-14)25-9-8-24-17/h3-7,10-11H,2,8-9,12-13H2,1H3,(H,21,23). The van der Waals surface area contributed by atoms with Gasteiger partial charge in [-0.25, -0.2) is 9.18 Å². The average Bonchev–Trinajstić information content (AvgIpc) is 2.64. The number of carbonyl (C=O) groups is 1. The number of fused-ring (bicyclic) bond motifs is 1. The number of carbonyl (C=O) groups excluding carboxylic acids is 1. The van der Waals surface area contributed by atoms with Gasteiger partial charge >= 0.3 is 6.03 Å². The van der Waals surface area contributed by atoms with Crippen molar-refractivity contribution in [1.29, 1.82) is 0 Å². The van der Waals surface area contributed by atoms with Crippen LogP contribution in [0.1, 0.15) is 18.1 Å². The molecule has 1 heterocycles. The van der Waals surface area contributed by atoms with Crippen molar-refractivity contribution in [2.24, 2.45) is 0 Å². The molecule has 2 aromatic carbocycles. The topological polar surface area (TPSA) is 50.8 Å². The van der Waals surface area contributed by atoms with E-state index in [1.165, 1.54) is 12.1 Å². The van der Waals surface area contributed by atoms with Crippen LogP contribution in [0.3, 0.4) is 0 Å². The second kappa shape index (κ2) is 7.88. The summed E-state index contributed by atoms with van der Waals surface area (Å²) in [5, 5.41) is 2.89. The molecule has 0 saturated carbocycles. The molecule has 0 bridgehead atoms. The fourth-order valence-electron chi connectivity index (χ4n) is 2.67. The molecule has 6 heteroatoms. The second-order valence-electron chi connectivity index (χ2n) is 5.78. The Morgan fingerprint density at radius 1 is 1.12 bits per heavy atom. The van der Waals surface area contributed by atoms with Gasteiger partial charge in [-0.1, -0.05) is 18.2 Å². The lowest BCUT2D eigenvalue weighted by molar-refractivity contribution is 0.171. The summed E-state index contributed by atoms with van der Waals surface area (Å²) < 4.78 is 24.3. The Labute approximate surface area is 146 Å². The molecule has 1 N–H and O–H groups in total. The number of ether oxygens (including phenoxy) is 2. The predicted molar refractivity (Wildman–Crippen MR) is 92.2 cm³/mol. The maximum absolute atomic E-state index is 13.3. The lowest BCUT2D eigenvalue weighted by Crippen LogP contribution is -2.39. The minimum absolute atomic E-state index is 0.193. The summed E-state index contributed by atoms with van der Waals surface area (Å²) in [5.74, 6) is 1.12. The van der Waals surface area contributed by atoms with E-state index in [0.717, 1.165) is 16.9 Å². The number of nitrogens with zero attached hydrogens (tertiary/aromatic N) is 1. The van der Waals surface area contributed by atoms with Crippen LogP contribution in [0.2, 0.25) is 0 Å². The lowest BCUT2D eigenvalue weighted by Gasteiger charge is -2.22. The molecule has 0 aromatic heterocycles. The molecule has 0 aliphatic carbocycles. The Morgan fingerprint density at radius 3 is 2.68 bits per heavy atom. The third kappa shape index (κ3) is 4.41. The second-order valence-corrected chi connectivity index (χ2v) is 5.78. The number of amides is 2. The van der Waals surface area contributed by atoms with E-state index >= 15 is 0 Å². The molecule has 132 valence electrons. The normalized spacial score (nSPS) is 12.6. The van der Waals surface area contributed by atoms with Crippen molar-refractivity contribution >= 4 is 6.03 Å². The van der Waals surface area contributed by atoms with Gasteiger partial charge in [-0.15, -0.1) is 0 Å². The highest BCUT2D eigenvalue weighted by Gasteiger charge is 2.14. The van der Waals surface area contributed by atoms with Gasteiger partial charge in [0.25, 0.3) is 0 Å². The van der Waals surface area contributed by atoms with E-state index in [2.05, 4.69) is 5.32 Å². The largest absolute Gasteiger partial charge is 0.486 e. The van der Waals surface area contributed by atoms with Gasteiger partial charge in [0.1, 0.15) is 19.0 Å². The SMILES string of the molecule is CCN(Cc1cccc(F)c1)C(=O)NCc1ccc2c(c1)OCCO2. The molecule has 2 aromatic rings. The van der Waals surface area contributed by atoms with E-state index in [4.69, 9.17) is 9.47 Å². The number of hydrogen-bond acceptors (Lipinski definition) is 3. The van der Waals surface area contributed by atoms with Crippen LogP contribution in [0, 0.1) is 5.82 Å². The maximum Gasteiger partial charge on any atom is 0.317 e. The van der Waals surface area contributed by atoms with Crippen molar-refractivity contribution in [2.75, 3.05) is 19.8 Å².